The molecule has 0 saturated carbocycles. The normalized spacial score (nSPS) is 15.8. The minimum Gasteiger partial charge on any atom is -0.378 e. The molecule has 0 unspecified atom stereocenters. The van der Waals surface area contributed by atoms with E-state index in [0.717, 1.165) is 24.1 Å². The van der Waals surface area contributed by atoms with Gasteiger partial charge in [0.2, 0.25) is 0 Å². The van der Waals surface area contributed by atoms with Gasteiger partial charge in [-0.05, 0) is 71.1 Å². The zero-order chi connectivity index (χ0) is 25.2. The Morgan fingerprint density at radius 2 is 1.32 bits per heavy atom. The van der Waals surface area contributed by atoms with Gasteiger partial charge >= 0.3 is 0 Å². The summed E-state index contributed by atoms with van der Waals surface area (Å²) in [5.74, 6) is 0. The van der Waals surface area contributed by atoms with Crippen LogP contribution in [0.3, 0.4) is 0 Å². The van der Waals surface area contributed by atoms with Gasteiger partial charge in [-0.3, -0.25) is 0 Å². The third-order valence-corrected chi connectivity index (χ3v) is 8.48. The molecule has 4 heteroatoms. The Bertz CT molecular complexity index is 1410. The molecule has 37 heavy (non-hydrogen) atoms. The molecule has 3 nitrogen and oxygen atoms in total. The molecule has 0 N–H and O–H groups in total. The van der Waals surface area contributed by atoms with Crippen LogP contribution in [0.1, 0.15) is 47.2 Å². The first-order chi connectivity index (χ1) is 17.2. The molecule has 191 valence electrons. The largest absolute Gasteiger partial charge is 0.378 e. The zero-order valence-electron chi connectivity index (χ0n) is 22.5. The Morgan fingerprint density at radius 1 is 0.730 bits per heavy atom. The molecular weight excluding hydrogens is 631 g/mol. The fourth-order valence-electron chi connectivity index (χ4n) is 6.45. The van der Waals surface area contributed by atoms with Crippen molar-refractivity contribution in [3.63, 3.8) is 0 Å². The molecular formula is C33H34IrN3-. The molecule has 0 fully saturated rings. The van der Waals surface area contributed by atoms with Crippen molar-refractivity contribution in [1.82, 2.24) is 4.98 Å². The van der Waals surface area contributed by atoms with E-state index < -0.39 is 0 Å². The quantitative estimate of drug-likeness (QED) is 0.237. The fourth-order valence-corrected chi connectivity index (χ4v) is 6.45. The first-order valence-electron chi connectivity index (χ1n) is 12.8. The van der Waals surface area contributed by atoms with E-state index in [2.05, 4.69) is 117 Å². The van der Waals surface area contributed by atoms with Crippen molar-refractivity contribution in [3.8, 4) is 11.3 Å². The van der Waals surface area contributed by atoms with E-state index in [4.69, 9.17) is 0 Å². The summed E-state index contributed by atoms with van der Waals surface area (Å²) in [5, 5.41) is 0. The van der Waals surface area contributed by atoms with Gasteiger partial charge in [0, 0.05) is 76.7 Å². The molecule has 0 aliphatic heterocycles. The van der Waals surface area contributed by atoms with Gasteiger partial charge < -0.3 is 14.8 Å². The number of nitrogens with zero attached hydrogens (tertiary/aromatic N) is 3. The maximum Gasteiger partial charge on any atom is 0.0364 e. The van der Waals surface area contributed by atoms with Gasteiger partial charge in [-0.2, -0.15) is 0 Å². The summed E-state index contributed by atoms with van der Waals surface area (Å²) in [4.78, 5) is 9.04. The third kappa shape index (κ3) is 3.93. The number of rotatable bonds is 3. The summed E-state index contributed by atoms with van der Waals surface area (Å²) in [5.41, 5.74) is 13.1. The van der Waals surface area contributed by atoms with E-state index in [0.29, 0.717) is 0 Å². The molecule has 0 saturated heterocycles. The van der Waals surface area contributed by atoms with Crippen LogP contribution < -0.4 is 9.80 Å². The second-order valence-electron chi connectivity index (χ2n) is 11.4. The summed E-state index contributed by atoms with van der Waals surface area (Å²) >= 11 is 0. The molecule has 1 radical (unpaired) electrons. The molecule has 2 aliphatic rings. The number of anilines is 2. The van der Waals surface area contributed by atoms with Gasteiger partial charge in [-0.1, -0.05) is 38.1 Å². The molecule has 0 atom stereocenters. The molecule has 6 rings (SSSR count). The Kier molecular flexibility index (Phi) is 6.33. The number of hydrogen-bond donors (Lipinski definition) is 0. The van der Waals surface area contributed by atoms with Crippen molar-refractivity contribution < 1.29 is 20.1 Å². The van der Waals surface area contributed by atoms with Crippen molar-refractivity contribution in [2.24, 2.45) is 0 Å². The first kappa shape index (κ1) is 25.7. The van der Waals surface area contributed by atoms with E-state index >= 15 is 0 Å². The first-order valence-corrected chi connectivity index (χ1v) is 12.8. The summed E-state index contributed by atoms with van der Waals surface area (Å²) in [6.45, 7) is 4.77. The van der Waals surface area contributed by atoms with Gasteiger partial charge in [0.1, 0.15) is 0 Å². The van der Waals surface area contributed by atoms with Gasteiger partial charge in [0.15, 0.2) is 0 Å². The second-order valence-corrected chi connectivity index (χ2v) is 11.4. The van der Waals surface area contributed by atoms with Crippen molar-refractivity contribution in [1.29, 1.82) is 0 Å². The number of benzene rings is 3. The zero-order valence-corrected chi connectivity index (χ0v) is 24.9. The SMILES string of the molecule is CN(C)c1ccc2c(c1)C1(Cc3c[c-]c(-c4ccccn4)cc3C1)c1cc(N(C)C)ccc1C2(C)C.[Ir]. The van der Waals surface area contributed by atoms with Crippen LogP contribution in [-0.2, 0) is 43.8 Å². The van der Waals surface area contributed by atoms with Crippen molar-refractivity contribution in [2.45, 2.75) is 37.5 Å². The maximum atomic E-state index is 4.59. The maximum absolute atomic E-state index is 4.59. The van der Waals surface area contributed by atoms with E-state index in [1.54, 1.807) is 0 Å². The van der Waals surface area contributed by atoms with E-state index in [9.17, 15) is 0 Å². The Morgan fingerprint density at radius 3 is 1.86 bits per heavy atom. The number of pyridine rings is 1. The van der Waals surface area contributed by atoms with Crippen LogP contribution in [-0.4, -0.2) is 33.2 Å². The average molecular weight is 665 g/mol. The van der Waals surface area contributed by atoms with Gasteiger partial charge in [-0.15, -0.1) is 34.9 Å². The monoisotopic (exact) mass is 665 g/mol. The average Bonchev–Trinajstić information content (AvgIpc) is 3.27. The van der Waals surface area contributed by atoms with Crippen molar-refractivity contribution in [2.75, 3.05) is 38.0 Å². The minimum absolute atomic E-state index is 0. The molecule has 3 aromatic carbocycles. The van der Waals surface area contributed by atoms with Gasteiger partial charge in [0.05, 0.1) is 0 Å². The molecule has 1 heterocycles. The number of aromatic nitrogens is 1. The summed E-state index contributed by atoms with van der Waals surface area (Å²) in [7, 11) is 8.55. The van der Waals surface area contributed by atoms with E-state index in [1.165, 1.54) is 44.8 Å². The number of hydrogen-bond acceptors (Lipinski definition) is 3. The standard InChI is InChI=1S/C33H34N3.Ir/c1-32(2)27-14-12-25(35(3)4)18-29(27)33(30-19-26(36(5)6)13-15-28(30)32)20-23-11-10-22(17-24(23)21-33)31-9-7-8-16-34-31;/h7-9,11-19H,20-21H2,1-6H3;/q-1;. The summed E-state index contributed by atoms with van der Waals surface area (Å²) in [6, 6.07) is 28.4. The van der Waals surface area contributed by atoms with Crippen LogP contribution in [0.25, 0.3) is 11.3 Å². The Hall–Kier alpha value is -2.94. The van der Waals surface area contributed by atoms with E-state index in [-0.39, 0.29) is 30.9 Å². The Labute approximate surface area is 234 Å². The molecule has 1 aromatic heterocycles. The smallest absolute Gasteiger partial charge is 0.0364 e. The predicted molar refractivity (Wildman–Crippen MR) is 150 cm³/mol. The van der Waals surface area contributed by atoms with Crippen LogP contribution in [0.5, 0.6) is 0 Å². The van der Waals surface area contributed by atoms with Gasteiger partial charge in [0.25, 0.3) is 0 Å². The Balaban J connectivity index is 0.00000280. The van der Waals surface area contributed by atoms with Crippen molar-refractivity contribution in [3.05, 3.63) is 112 Å². The predicted octanol–water partition coefficient (Wildman–Crippen LogP) is 6.40. The molecule has 1 spiro atoms. The van der Waals surface area contributed by atoms with Crippen LogP contribution in [0.4, 0.5) is 11.4 Å². The molecule has 2 aliphatic carbocycles. The molecule has 4 aromatic rings. The summed E-state index contributed by atoms with van der Waals surface area (Å²) in [6.07, 6.45) is 3.84. The number of fused-ring (bicyclic) bond motifs is 5. The van der Waals surface area contributed by atoms with Crippen molar-refractivity contribution >= 4 is 11.4 Å². The minimum atomic E-state index is -0.100. The van der Waals surface area contributed by atoms with Crippen LogP contribution in [0.15, 0.2) is 72.9 Å². The van der Waals surface area contributed by atoms with Crippen LogP contribution in [0, 0.1) is 6.07 Å². The second kappa shape index (κ2) is 9.11. The van der Waals surface area contributed by atoms with Crippen LogP contribution >= 0.6 is 0 Å². The van der Waals surface area contributed by atoms with E-state index in [1.807, 2.05) is 18.3 Å². The molecule has 0 bridgehead atoms. The topological polar surface area (TPSA) is 19.4 Å². The molecule has 0 amide bonds. The third-order valence-electron chi connectivity index (χ3n) is 8.48. The summed E-state index contributed by atoms with van der Waals surface area (Å²) < 4.78 is 0. The van der Waals surface area contributed by atoms with Crippen LogP contribution in [0.2, 0.25) is 0 Å². The van der Waals surface area contributed by atoms with Gasteiger partial charge in [-0.25, -0.2) is 0 Å². The fraction of sp³-hybridized carbons (Fsp3) is 0.303.